The summed E-state index contributed by atoms with van der Waals surface area (Å²) in [6, 6.07) is 14.6. The van der Waals surface area contributed by atoms with E-state index in [0.717, 1.165) is 17.7 Å². The SMILES string of the molecule is CCc1ccccc1O[C@@H](C)C(=O)Nc1ccc(NC(C)=O)cc1. The number of para-hydroxylation sites is 1. The highest BCUT2D eigenvalue weighted by molar-refractivity contribution is 5.94. The minimum Gasteiger partial charge on any atom is -0.481 e. The topological polar surface area (TPSA) is 67.4 Å². The number of carbonyl (C=O) groups is 2. The van der Waals surface area contributed by atoms with Gasteiger partial charge in [-0.05, 0) is 49.2 Å². The molecule has 24 heavy (non-hydrogen) atoms. The van der Waals surface area contributed by atoms with Crippen molar-refractivity contribution in [2.75, 3.05) is 10.6 Å². The molecule has 0 aromatic heterocycles. The van der Waals surface area contributed by atoms with Crippen molar-refractivity contribution < 1.29 is 14.3 Å². The van der Waals surface area contributed by atoms with Gasteiger partial charge < -0.3 is 15.4 Å². The van der Waals surface area contributed by atoms with Gasteiger partial charge in [0.1, 0.15) is 5.75 Å². The van der Waals surface area contributed by atoms with Crippen molar-refractivity contribution in [3.05, 3.63) is 54.1 Å². The third kappa shape index (κ3) is 4.84. The first-order valence-electron chi connectivity index (χ1n) is 7.92. The van der Waals surface area contributed by atoms with Crippen LogP contribution in [0.15, 0.2) is 48.5 Å². The van der Waals surface area contributed by atoms with E-state index in [0.29, 0.717) is 11.4 Å². The number of hydrogen-bond acceptors (Lipinski definition) is 3. The van der Waals surface area contributed by atoms with Crippen LogP contribution >= 0.6 is 0 Å². The van der Waals surface area contributed by atoms with Crippen molar-refractivity contribution in [3.63, 3.8) is 0 Å². The summed E-state index contributed by atoms with van der Waals surface area (Å²) in [4.78, 5) is 23.3. The molecule has 2 rings (SSSR count). The fourth-order valence-electron chi connectivity index (χ4n) is 2.24. The van der Waals surface area contributed by atoms with E-state index in [9.17, 15) is 9.59 Å². The maximum Gasteiger partial charge on any atom is 0.265 e. The Morgan fingerprint density at radius 2 is 1.58 bits per heavy atom. The van der Waals surface area contributed by atoms with Gasteiger partial charge >= 0.3 is 0 Å². The van der Waals surface area contributed by atoms with E-state index in [2.05, 4.69) is 10.6 Å². The number of benzene rings is 2. The molecule has 126 valence electrons. The van der Waals surface area contributed by atoms with Gasteiger partial charge in [0.05, 0.1) is 0 Å². The first-order valence-corrected chi connectivity index (χ1v) is 7.92. The molecule has 2 N–H and O–H groups in total. The zero-order chi connectivity index (χ0) is 17.5. The molecule has 2 aromatic rings. The molecular formula is C19H22N2O3. The summed E-state index contributed by atoms with van der Waals surface area (Å²) in [7, 11) is 0. The summed E-state index contributed by atoms with van der Waals surface area (Å²) < 4.78 is 5.78. The van der Waals surface area contributed by atoms with E-state index in [-0.39, 0.29) is 11.8 Å². The third-order valence-corrected chi connectivity index (χ3v) is 3.50. The van der Waals surface area contributed by atoms with Crippen LogP contribution in [0, 0.1) is 0 Å². The zero-order valence-corrected chi connectivity index (χ0v) is 14.1. The van der Waals surface area contributed by atoms with E-state index < -0.39 is 6.10 Å². The van der Waals surface area contributed by atoms with Crippen LogP contribution in [0.1, 0.15) is 26.3 Å². The molecule has 0 spiro atoms. The van der Waals surface area contributed by atoms with Crippen molar-refractivity contribution in [1.29, 1.82) is 0 Å². The smallest absolute Gasteiger partial charge is 0.265 e. The van der Waals surface area contributed by atoms with Gasteiger partial charge in [-0.15, -0.1) is 0 Å². The standard InChI is InChI=1S/C19H22N2O3/c1-4-15-7-5-6-8-18(15)24-13(2)19(23)21-17-11-9-16(10-12-17)20-14(3)22/h5-13H,4H2,1-3H3,(H,20,22)(H,21,23)/t13-/m0/s1. The van der Waals surface area contributed by atoms with E-state index >= 15 is 0 Å². The highest BCUT2D eigenvalue weighted by atomic mass is 16.5. The van der Waals surface area contributed by atoms with E-state index in [1.807, 2.05) is 31.2 Å². The Hall–Kier alpha value is -2.82. The molecule has 0 bridgehead atoms. The van der Waals surface area contributed by atoms with Crippen molar-refractivity contribution in [3.8, 4) is 5.75 Å². The normalized spacial score (nSPS) is 11.5. The van der Waals surface area contributed by atoms with Crippen LogP contribution in [0.5, 0.6) is 5.75 Å². The Bertz CT molecular complexity index is 711. The second-order valence-electron chi connectivity index (χ2n) is 5.47. The minimum atomic E-state index is -0.618. The zero-order valence-electron chi connectivity index (χ0n) is 14.1. The fourth-order valence-corrected chi connectivity index (χ4v) is 2.24. The molecule has 0 radical (unpaired) electrons. The summed E-state index contributed by atoms with van der Waals surface area (Å²) in [5.74, 6) is 0.361. The van der Waals surface area contributed by atoms with Crippen LogP contribution < -0.4 is 15.4 Å². The summed E-state index contributed by atoms with van der Waals surface area (Å²) >= 11 is 0. The largest absolute Gasteiger partial charge is 0.481 e. The second-order valence-corrected chi connectivity index (χ2v) is 5.47. The Labute approximate surface area is 142 Å². The molecule has 0 aliphatic carbocycles. The first-order chi connectivity index (χ1) is 11.5. The average Bonchev–Trinajstić information content (AvgIpc) is 2.56. The number of anilines is 2. The lowest BCUT2D eigenvalue weighted by Gasteiger charge is -2.17. The summed E-state index contributed by atoms with van der Waals surface area (Å²) in [5, 5.41) is 5.48. The summed E-state index contributed by atoms with van der Waals surface area (Å²) in [6.45, 7) is 5.21. The minimum absolute atomic E-state index is 0.136. The van der Waals surface area contributed by atoms with E-state index in [1.165, 1.54) is 6.92 Å². The molecule has 2 amide bonds. The van der Waals surface area contributed by atoms with Crippen LogP contribution in [0.25, 0.3) is 0 Å². The van der Waals surface area contributed by atoms with Gasteiger partial charge in [0.15, 0.2) is 6.10 Å². The van der Waals surface area contributed by atoms with Crippen LogP contribution in [0.4, 0.5) is 11.4 Å². The van der Waals surface area contributed by atoms with Gasteiger partial charge in [0.25, 0.3) is 5.91 Å². The van der Waals surface area contributed by atoms with Crippen molar-refractivity contribution in [1.82, 2.24) is 0 Å². The summed E-state index contributed by atoms with van der Waals surface area (Å²) in [5.41, 5.74) is 2.40. The van der Waals surface area contributed by atoms with Gasteiger partial charge in [-0.1, -0.05) is 25.1 Å². The van der Waals surface area contributed by atoms with Crippen LogP contribution in [-0.4, -0.2) is 17.9 Å². The van der Waals surface area contributed by atoms with Gasteiger partial charge in [-0.25, -0.2) is 0 Å². The molecule has 5 nitrogen and oxygen atoms in total. The first kappa shape index (κ1) is 17.5. The molecule has 0 heterocycles. The Morgan fingerprint density at radius 3 is 2.17 bits per heavy atom. The summed E-state index contributed by atoms with van der Waals surface area (Å²) in [6.07, 6.45) is 0.225. The Kier molecular flexibility index (Phi) is 5.95. The number of carbonyl (C=O) groups excluding carboxylic acids is 2. The van der Waals surface area contributed by atoms with Gasteiger partial charge in [-0.3, -0.25) is 9.59 Å². The number of hydrogen-bond donors (Lipinski definition) is 2. The maximum atomic E-state index is 12.3. The van der Waals surface area contributed by atoms with Crippen molar-refractivity contribution in [2.24, 2.45) is 0 Å². The molecule has 0 aliphatic heterocycles. The average molecular weight is 326 g/mol. The third-order valence-electron chi connectivity index (χ3n) is 3.50. The molecular weight excluding hydrogens is 304 g/mol. The second kappa shape index (κ2) is 8.15. The van der Waals surface area contributed by atoms with Crippen LogP contribution in [0.3, 0.4) is 0 Å². The number of nitrogens with one attached hydrogen (secondary N) is 2. The lowest BCUT2D eigenvalue weighted by Crippen LogP contribution is -2.30. The molecule has 0 aliphatic rings. The van der Waals surface area contributed by atoms with Gasteiger partial charge in [0, 0.05) is 18.3 Å². The lowest BCUT2D eigenvalue weighted by atomic mass is 10.1. The van der Waals surface area contributed by atoms with Gasteiger partial charge in [0.2, 0.25) is 5.91 Å². The lowest BCUT2D eigenvalue weighted by molar-refractivity contribution is -0.122. The predicted octanol–water partition coefficient (Wildman–Crippen LogP) is 3.61. The van der Waals surface area contributed by atoms with Crippen LogP contribution in [0.2, 0.25) is 0 Å². The molecule has 2 aromatic carbocycles. The molecule has 0 fully saturated rings. The molecule has 0 saturated carbocycles. The van der Waals surface area contributed by atoms with Crippen molar-refractivity contribution in [2.45, 2.75) is 33.3 Å². The molecule has 1 atom stereocenters. The highest BCUT2D eigenvalue weighted by Crippen LogP contribution is 2.20. The highest BCUT2D eigenvalue weighted by Gasteiger charge is 2.16. The maximum absolute atomic E-state index is 12.3. The van der Waals surface area contributed by atoms with Gasteiger partial charge in [-0.2, -0.15) is 0 Å². The molecule has 5 heteroatoms. The number of ether oxygens (including phenoxy) is 1. The Morgan fingerprint density at radius 1 is 1.00 bits per heavy atom. The molecule has 0 saturated heterocycles. The quantitative estimate of drug-likeness (QED) is 0.852. The Balaban J connectivity index is 1.97. The number of rotatable bonds is 6. The monoisotopic (exact) mass is 326 g/mol. The van der Waals surface area contributed by atoms with Crippen LogP contribution in [-0.2, 0) is 16.0 Å². The van der Waals surface area contributed by atoms with E-state index in [1.54, 1.807) is 31.2 Å². The van der Waals surface area contributed by atoms with Crippen molar-refractivity contribution >= 4 is 23.2 Å². The fraction of sp³-hybridized carbons (Fsp3) is 0.263. The van der Waals surface area contributed by atoms with E-state index in [4.69, 9.17) is 4.74 Å². The predicted molar refractivity (Wildman–Crippen MR) is 95.3 cm³/mol. The molecule has 0 unspecified atom stereocenters. The number of amides is 2. The number of aryl methyl sites for hydroxylation is 1.